The highest BCUT2D eigenvalue weighted by molar-refractivity contribution is 5.89. The number of hydrogen-bond acceptors (Lipinski definition) is 5. The summed E-state index contributed by atoms with van der Waals surface area (Å²) in [6.07, 6.45) is 4.46. The van der Waals surface area contributed by atoms with Crippen molar-refractivity contribution >= 4 is 11.9 Å². The minimum Gasteiger partial charge on any atom is -0.381 e. The molecule has 3 aromatic rings. The van der Waals surface area contributed by atoms with E-state index in [2.05, 4.69) is 4.98 Å². The number of halogens is 1. The Morgan fingerprint density at radius 3 is 2.51 bits per heavy atom. The molecule has 2 aliphatic rings. The predicted molar refractivity (Wildman–Crippen MR) is 134 cm³/mol. The average Bonchev–Trinajstić information content (AvgIpc) is 3.39. The van der Waals surface area contributed by atoms with Gasteiger partial charge in [0.25, 0.3) is 0 Å². The molecule has 2 fully saturated rings. The van der Waals surface area contributed by atoms with E-state index >= 15 is 4.39 Å². The average molecular weight is 475 g/mol. The van der Waals surface area contributed by atoms with Crippen LogP contribution in [0.2, 0.25) is 0 Å². The van der Waals surface area contributed by atoms with Crippen LogP contribution in [-0.4, -0.2) is 54.6 Å². The van der Waals surface area contributed by atoms with Gasteiger partial charge in [-0.1, -0.05) is 48.5 Å². The van der Waals surface area contributed by atoms with Crippen LogP contribution in [0.3, 0.4) is 0 Å². The van der Waals surface area contributed by atoms with Crippen molar-refractivity contribution in [1.82, 2.24) is 14.9 Å². The Kier molecular flexibility index (Phi) is 6.52. The Labute approximate surface area is 205 Å². The summed E-state index contributed by atoms with van der Waals surface area (Å²) in [6.45, 7) is 1.49. The molecule has 0 aliphatic carbocycles. The second-order valence-corrected chi connectivity index (χ2v) is 9.56. The van der Waals surface area contributed by atoms with Crippen molar-refractivity contribution in [2.75, 3.05) is 38.8 Å². The van der Waals surface area contributed by atoms with Gasteiger partial charge < -0.3 is 14.5 Å². The number of aromatic nitrogens is 2. The lowest BCUT2D eigenvalue weighted by Gasteiger charge is -2.41. The summed E-state index contributed by atoms with van der Waals surface area (Å²) < 4.78 is 20.7. The van der Waals surface area contributed by atoms with E-state index in [-0.39, 0.29) is 17.8 Å². The van der Waals surface area contributed by atoms with Crippen molar-refractivity contribution in [3.63, 3.8) is 0 Å². The Balaban J connectivity index is 1.59. The van der Waals surface area contributed by atoms with Crippen molar-refractivity contribution in [3.05, 3.63) is 77.9 Å². The lowest BCUT2D eigenvalue weighted by atomic mass is 9.72. The third kappa shape index (κ3) is 4.29. The molecule has 3 heterocycles. The van der Waals surface area contributed by atoms with Crippen molar-refractivity contribution < 1.29 is 13.9 Å². The fraction of sp³-hybridized carbons (Fsp3) is 0.393. The fourth-order valence-electron chi connectivity index (χ4n) is 5.43. The smallest absolute Gasteiger partial charge is 0.234 e. The highest BCUT2D eigenvalue weighted by atomic mass is 19.1. The number of benzene rings is 2. The van der Waals surface area contributed by atoms with Crippen LogP contribution in [0, 0.1) is 5.82 Å². The molecule has 0 unspecified atom stereocenters. The number of anilines is 1. The maximum absolute atomic E-state index is 15.1. The highest BCUT2D eigenvalue weighted by Gasteiger charge is 2.48. The molecule has 5 rings (SSSR count). The SMILES string of the molecule is CN(C)c1ncc(-c2ccccc2)c([C@H]2CCCN2C(=O)C2(c3ccccc3F)CCOCC2)n1. The number of likely N-dealkylation sites (tertiary alicyclic amines) is 1. The van der Waals surface area contributed by atoms with Crippen molar-refractivity contribution in [1.29, 1.82) is 0 Å². The molecule has 6 nitrogen and oxygen atoms in total. The molecule has 0 N–H and O–H groups in total. The Bertz CT molecular complexity index is 1190. The van der Waals surface area contributed by atoms with Crippen LogP contribution in [0.15, 0.2) is 60.8 Å². The van der Waals surface area contributed by atoms with Crippen molar-refractivity contribution in [2.45, 2.75) is 37.1 Å². The summed E-state index contributed by atoms with van der Waals surface area (Å²) in [7, 11) is 3.82. The van der Waals surface area contributed by atoms with Crippen LogP contribution in [0.5, 0.6) is 0 Å². The molecule has 1 amide bonds. The minimum absolute atomic E-state index is 0.0302. The van der Waals surface area contributed by atoms with E-state index in [1.165, 1.54) is 6.07 Å². The first-order valence-corrected chi connectivity index (χ1v) is 12.2. The summed E-state index contributed by atoms with van der Waals surface area (Å²) in [5, 5.41) is 0. The first kappa shape index (κ1) is 23.4. The molecule has 35 heavy (non-hydrogen) atoms. The van der Waals surface area contributed by atoms with Crippen LogP contribution in [0.4, 0.5) is 10.3 Å². The van der Waals surface area contributed by atoms with Gasteiger partial charge in [0, 0.05) is 51.2 Å². The highest BCUT2D eigenvalue weighted by Crippen LogP contribution is 2.44. The lowest BCUT2D eigenvalue weighted by molar-refractivity contribution is -0.142. The summed E-state index contributed by atoms with van der Waals surface area (Å²) in [6, 6.07) is 16.5. The van der Waals surface area contributed by atoms with Crippen LogP contribution in [-0.2, 0) is 14.9 Å². The van der Waals surface area contributed by atoms with Gasteiger partial charge in [0.1, 0.15) is 5.82 Å². The van der Waals surface area contributed by atoms with E-state index < -0.39 is 5.41 Å². The fourth-order valence-corrected chi connectivity index (χ4v) is 5.43. The molecule has 1 aromatic heterocycles. The monoisotopic (exact) mass is 474 g/mol. The molecular formula is C28H31FN4O2. The van der Waals surface area contributed by atoms with Gasteiger partial charge in [0.15, 0.2) is 0 Å². The standard InChI is InChI=1S/C28H31FN4O2/c1-32(2)27-30-19-21(20-9-4-3-5-10-20)25(31-27)24-13-8-16-33(24)26(34)28(14-17-35-18-15-28)22-11-6-7-12-23(22)29/h3-7,9-12,19,24H,8,13-18H2,1-2H3/t24-/m1/s1. The molecule has 182 valence electrons. The zero-order valence-corrected chi connectivity index (χ0v) is 20.3. The van der Waals surface area contributed by atoms with E-state index in [1.54, 1.807) is 12.1 Å². The molecule has 0 radical (unpaired) electrons. The van der Waals surface area contributed by atoms with Crippen molar-refractivity contribution in [3.8, 4) is 11.1 Å². The number of amides is 1. The van der Waals surface area contributed by atoms with Crippen LogP contribution in [0.25, 0.3) is 11.1 Å². The van der Waals surface area contributed by atoms with E-state index in [4.69, 9.17) is 9.72 Å². The van der Waals surface area contributed by atoms with Crippen LogP contribution in [0.1, 0.15) is 43.0 Å². The topological polar surface area (TPSA) is 58.6 Å². The number of rotatable bonds is 5. The van der Waals surface area contributed by atoms with Gasteiger partial charge in [-0.3, -0.25) is 4.79 Å². The zero-order valence-electron chi connectivity index (χ0n) is 20.3. The van der Waals surface area contributed by atoms with E-state index in [1.807, 2.05) is 66.5 Å². The number of carbonyl (C=O) groups excluding carboxylic acids is 1. The predicted octanol–water partition coefficient (Wildman–Crippen LogP) is 4.76. The first-order chi connectivity index (χ1) is 17.0. The number of carbonyl (C=O) groups is 1. The lowest BCUT2D eigenvalue weighted by Crippen LogP contribution is -2.50. The quantitative estimate of drug-likeness (QED) is 0.534. The Morgan fingerprint density at radius 1 is 1.09 bits per heavy atom. The molecule has 0 saturated carbocycles. The molecule has 7 heteroatoms. The molecule has 2 aromatic carbocycles. The Hall–Kier alpha value is -3.32. The maximum Gasteiger partial charge on any atom is 0.234 e. The molecule has 2 saturated heterocycles. The minimum atomic E-state index is -0.934. The molecular weight excluding hydrogens is 443 g/mol. The van der Waals surface area contributed by atoms with Crippen molar-refractivity contribution in [2.24, 2.45) is 0 Å². The Morgan fingerprint density at radius 2 is 1.80 bits per heavy atom. The van der Waals surface area contributed by atoms with Gasteiger partial charge in [-0.25, -0.2) is 14.4 Å². The number of nitrogens with zero attached hydrogens (tertiary/aromatic N) is 4. The first-order valence-electron chi connectivity index (χ1n) is 12.2. The molecule has 2 aliphatic heterocycles. The largest absolute Gasteiger partial charge is 0.381 e. The van der Waals surface area contributed by atoms with Crippen LogP contribution < -0.4 is 4.90 Å². The summed E-state index contributed by atoms with van der Waals surface area (Å²) in [4.78, 5) is 27.7. The van der Waals surface area contributed by atoms with Gasteiger partial charge in [-0.15, -0.1) is 0 Å². The third-order valence-corrected chi connectivity index (χ3v) is 7.26. The van der Waals surface area contributed by atoms with Gasteiger partial charge in [-0.05, 0) is 37.3 Å². The second kappa shape index (κ2) is 9.74. The number of ether oxygens (including phenoxy) is 1. The van der Waals surface area contributed by atoms with Crippen LogP contribution >= 0.6 is 0 Å². The molecule has 0 spiro atoms. The normalized spacial score (nSPS) is 19.5. The van der Waals surface area contributed by atoms with E-state index in [0.717, 1.165) is 29.7 Å². The summed E-state index contributed by atoms with van der Waals surface area (Å²) in [5.74, 6) is 0.242. The molecule has 1 atom stereocenters. The molecule has 0 bridgehead atoms. The van der Waals surface area contributed by atoms with E-state index in [0.29, 0.717) is 44.1 Å². The second-order valence-electron chi connectivity index (χ2n) is 9.56. The van der Waals surface area contributed by atoms with Gasteiger partial charge in [-0.2, -0.15) is 0 Å². The third-order valence-electron chi connectivity index (χ3n) is 7.26. The van der Waals surface area contributed by atoms with E-state index in [9.17, 15) is 4.79 Å². The zero-order chi connectivity index (χ0) is 24.4. The number of hydrogen-bond donors (Lipinski definition) is 0. The summed E-state index contributed by atoms with van der Waals surface area (Å²) in [5.41, 5.74) is 2.32. The van der Waals surface area contributed by atoms with Gasteiger partial charge in [0.2, 0.25) is 11.9 Å². The van der Waals surface area contributed by atoms with Gasteiger partial charge >= 0.3 is 0 Å². The maximum atomic E-state index is 15.1. The summed E-state index contributed by atoms with van der Waals surface area (Å²) >= 11 is 0. The van der Waals surface area contributed by atoms with Gasteiger partial charge in [0.05, 0.1) is 17.2 Å².